The molecule has 0 fully saturated rings. The molecule has 0 saturated carbocycles. The van der Waals surface area contributed by atoms with Gasteiger partial charge in [0, 0.05) is 17.9 Å². The zero-order chi connectivity index (χ0) is 15.7. The molecule has 0 bridgehead atoms. The molecular weight excluding hydrogens is 344 g/mol. The topological polar surface area (TPSA) is 59.3 Å². The highest BCUT2D eigenvalue weighted by Crippen LogP contribution is 2.22. The summed E-state index contributed by atoms with van der Waals surface area (Å²) in [6.45, 7) is 4.32. The number of nitrogens with zero attached hydrogens (tertiary/aromatic N) is 3. The van der Waals surface area contributed by atoms with Gasteiger partial charge in [0.1, 0.15) is 0 Å². The van der Waals surface area contributed by atoms with Crippen molar-refractivity contribution in [3.63, 3.8) is 0 Å². The lowest BCUT2D eigenvalue weighted by molar-refractivity contribution is 0.0945. The standard InChI is InChI=1S/C16H15BrN4O/c1-10-8-11(2)21-15(19-10)13(17)14(20-21)16(22)18-9-12-6-4-3-5-7-12/h3-8H,9H2,1-2H3,(H,18,22). The number of benzene rings is 1. The summed E-state index contributed by atoms with van der Waals surface area (Å²) in [6, 6.07) is 11.7. The Labute approximate surface area is 136 Å². The van der Waals surface area contributed by atoms with E-state index in [1.807, 2.05) is 50.2 Å². The fourth-order valence-electron chi connectivity index (χ4n) is 2.30. The number of aromatic nitrogens is 3. The first-order chi connectivity index (χ1) is 10.6. The van der Waals surface area contributed by atoms with Crippen molar-refractivity contribution in [2.45, 2.75) is 20.4 Å². The quantitative estimate of drug-likeness (QED) is 0.782. The maximum Gasteiger partial charge on any atom is 0.273 e. The predicted molar refractivity (Wildman–Crippen MR) is 87.8 cm³/mol. The van der Waals surface area contributed by atoms with Crippen molar-refractivity contribution >= 4 is 27.5 Å². The third kappa shape index (κ3) is 2.74. The molecule has 6 heteroatoms. The summed E-state index contributed by atoms with van der Waals surface area (Å²) >= 11 is 3.44. The van der Waals surface area contributed by atoms with E-state index in [2.05, 4.69) is 31.3 Å². The second kappa shape index (κ2) is 5.88. The molecule has 3 aromatic rings. The molecule has 0 aliphatic carbocycles. The number of halogens is 1. The van der Waals surface area contributed by atoms with Crippen LogP contribution < -0.4 is 5.32 Å². The number of carbonyl (C=O) groups excluding carboxylic acids is 1. The molecule has 2 aromatic heterocycles. The fourth-order valence-corrected chi connectivity index (χ4v) is 2.82. The highest BCUT2D eigenvalue weighted by molar-refractivity contribution is 9.10. The van der Waals surface area contributed by atoms with Crippen molar-refractivity contribution in [2.75, 3.05) is 0 Å². The Kier molecular flexibility index (Phi) is 3.94. The van der Waals surface area contributed by atoms with Gasteiger partial charge >= 0.3 is 0 Å². The third-order valence-corrected chi connectivity index (χ3v) is 4.08. The van der Waals surface area contributed by atoms with Crippen LogP contribution in [0.4, 0.5) is 0 Å². The van der Waals surface area contributed by atoms with Gasteiger partial charge in [-0.3, -0.25) is 4.79 Å². The number of nitrogens with one attached hydrogen (secondary N) is 1. The van der Waals surface area contributed by atoms with Crippen LogP contribution in [0.15, 0.2) is 40.9 Å². The second-order valence-electron chi connectivity index (χ2n) is 5.11. The van der Waals surface area contributed by atoms with Crippen LogP contribution in [0, 0.1) is 13.8 Å². The minimum Gasteiger partial charge on any atom is -0.347 e. The molecule has 1 N–H and O–H groups in total. The van der Waals surface area contributed by atoms with E-state index in [1.165, 1.54) is 0 Å². The van der Waals surface area contributed by atoms with Gasteiger partial charge in [-0.05, 0) is 41.4 Å². The Morgan fingerprint density at radius 3 is 2.73 bits per heavy atom. The SMILES string of the molecule is Cc1cc(C)n2nc(C(=O)NCc3ccccc3)c(Br)c2n1. The van der Waals surface area contributed by atoms with E-state index in [1.54, 1.807) is 4.52 Å². The maximum absolute atomic E-state index is 12.4. The molecule has 112 valence electrons. The molecular formula is C16H15BrN4O. The minimum atomic E-state index is -0.224. The smallest absolute Gasteiger partial charge is 0.273 e. The summed E-state index contributed by atoms with van der Waals surface area (Å²) in [5, 5.41) is 7.24. The van der Waals surface area contributed by atoms with Gasteiger partial charge in [-0.25, -0.2) is 9.50 Å². The average molecular weight is 359 g/mol. The molecule has 0 atom stereocenters. The molecule has 3 rings (SSSR count). The van der Waals surface area contributed by atoms with Gasteiger partial charge in [-0.15, -0.1) is 0 Å². The van der Waals surface area contributed by atoms with E-state index in [9.17, 15) is 4.79 Å². The van der Waals surface area contributed by atoms with Crippen molar-refractivity contribution in [3.8, 4) is 0 Å². The minimum absolute atomic E-state index is 0.224. The van der Waals surface area contributed by atoms with Crippen molar-refractivity contribution in [3.05, 3.63) is 63.5 Å². The number of hydrogen-bond acceptors (Lipinski definition) is 3. The maximum atomic E-state index is 12.4. The van der Waals surface area contributed by atoms with Crippen LogP contribution in [-0.4, -0.2) is 20.5 Å². The Hall–Kier alpha value is -2.21. The Morgan fingerprint density at radius 1 is 1.27 bits per heavy atom. The molecule has 0 saturated heterocycles. The van der Waals surface area contributed by atoms with Gasteiger partial charge < -0.3 is 5.32 Å². The molecule has 1 amide bonds. The lowest BCUT2D eigenvalue weighted by atomic mass is 10.2. The summed E-state index contributed by atoms with van der Waals surface area (Å²) < 4.78 is 2.29. The number of carbonyl (C=O) groups is 1. The largest absolute Gasteiger partial charge is 0.347 e. The van der Waals surface area contributed by atoms with Gasteiger partial charge in [0.25, 0.3) is 5.91 Å². The number of aryl methyl sites for hydroxylation is 2. The summed E-state index contributed by atoms with van der Waals surface area (Å²) in [5.74, 6) is -0.224. The van der Waals surface area contributed by atoms with Gasteiger partial charge in [0.15, 0.2) is 11.3 Å². The van der Waals surface area contributed by atoms with Gasteiger partial charge in [-0.2, -0.15) is 5.10 Å². The van der Waals surface area contributed by atoms with E-state index in [4.69, 9.17) is 0 Å². The lowest BCUT2D eigenvalue weighted by Crippen LogP contribution is -2.23. The van der Waals surface area contributed by atoms with Crippen molar-refractivity contribution < 1.29 is 4.79 Å². The van der Waals surface area contributed by atoms with Gasteiger partial charge in [0.2, 0.25) is 0 Å². The zero-order valence-corrected chi connectivity index (χ0v) is 13.9. The average Bonchev–Trinajstić information content (AvgIpc) is 2.84. The Balaban J connectivity index is 1.88. The summed E-state index contributed by atoms with van der Waals surface area (Å²) in [5.41, 5.74) is 3.87. The van der Waals surface area contributed by atoms with Crippen LogP contribution in [0.5, 0.6) is 0 Å². The van der Waals surface area contributed by atoms with Gasteiger partial charge in [-0.1, -0.05) is 30.3 Å². The first-order valence-electron chi connectivity index (χ1n) is 6.91. The van der Waals surface area contributed by atoms with E-state index in [-0.39, 0.29) is 5.91 Å². The highest BCUT2D eigenvalue weighted by atomic mass is 79.9. The molecule has 0 aliphatic rings. The normalized spacial score (nSPS) is 10.9. The van der Waals surface area contributed by atoms with Gasteiger partial charge in [0.05, 0.1) is 4.47 Å². The van der Waals surface area contributed by atoms with Crippen LogP contribution in [-0.2, 0) is 6.54 Å². The molecule has 1 aromatic carbocycles. The van der Waals surface area contributed by atoms with E-state index in [0.717, 1.165) is 17.0 Å². The molecule has 22 heavy (non-hydrogen) atoms. The lowest BCUT2D eigenvalue weighted by Gasteiger charge is -2.03. The molecule has 0 aliphatic heterocycles. The molecule has 2 heterocycles. The first-order valence-corrected chi connectivity index (χ1v) is 7.70. The van der Waals surface area contributed by atoms with Crippen LogP contribution in [0.1, 0.15) is 27.4 Å². The van der Waals surface area contributed by atoms with E-state index in [0.29, 0.717) is 22.4 Å². The van der Waals surface area contributed by atoms with Crippen LogP contribution in [0.25, 0.3) is 5.65 Å². The number of amides is 1. The van der Waals surface area contributed by atoms with Crippen molar-refractivity contribution in [1.82, 2.24) is 19.9 Å². The summed E-state index contributed by atoms with van der Waals surface area (Å²) in [4.78, 5) is 16.8. The molecule has 0 unspecified atom stereocenters. The predicted octanol–water partition coefficient (Wildman–Crippen LogP) is 3.04. The summed E-state index contributed by atoms with van der Waals surface area (Å²) in [7, 11) is 0. The van der Waals surface area contributed by atoms with Crippen LogP contribution >= 0.6 is 15.9 Å². The number of hydrogen-bond donors (Lipinski definition) is 1. The molecule has 5 nitrogen and oxygen atoms in total. The second-order valence-corrected chi connectivity index (χ2v) is 5.90. The van der Waals surface area contributed by atoms with Crippen molar-refractivity contribution in [2.24, 2.45) is 0 Å². The Morgan fingerprint density at radius 2 is 2.00 bits per heavy atom. The molecule has 0 radical (unpaired) electrons. The Bertz CT molecular complexity index is 842. The van der Waals surface area contributed by atoms with Crippen LogP contribution in [0.3, 0.4) is 0 Å². The summed E-state index contributed by atoms with van der Waals surface area (Å²) in [6.07, 6.45) is 0. The number of rotatable bonds is 3. The van der Waals surface area contributed by atoms with E-state index < -0.39 is 0 Å². The molecule has 0 spiro atoms. The zero-order valence-electron chi connectivity index (χ0n) is 12.3. The highest BCUT2D eigenvalue weighted by Gasteiger charge is 2.19. The van der Waals surface area contributed by atoms with Crippen molar-refractivity contribution in [1.29, 1.82) is 0 Å². The first kappa shape index (κ1) is 14.7. The van der Waals surface area contributed by atoms with Crippen LogP contribution in [0.2, 0.25) is 0 Å². The monoisotopic (exact) mass is 358 g/mol. The fraction of sp³-hybridized carbons (Fsp3) is 0.188. The third-order valence-electron chi connectivity index (χ3n) is 3.35. The van der Waals surface area contributed by atoms with E-state index >= 15 is 0 Å². The number of fused-ring (bicyclic) bond motifs is 1.